The van der Waals surface area contributed by atoms with Crippen molar-refractivity contribution in [2.75, 3.05) is 31.6 Å². The number of ether oxygens (including phenoxy) is 2. The molecule has 1 aromatic carbocycles. The molecule has 0 saturated carbocycles. The first kappa shape index (κ1) is 17.9. The Labute approximate surface area is 158 Å². The summed E-state index contributed by atoms with van der Waals surface area (Å²) in [7, 11) is 0. The number of amides is 1. The molecule has 1 N–H and O–H groups in total. The van der Waals surface area contributed by atoms with Crippen LogP contribution < -0.4 is 5.32 Å². The van der Waals surface area contributed by atoms with Crippen LogP contribution in [-0.4, -0.2) is 52.9 Å². The van der Waals surface area contributed by atoms with E-state index in [1.54, 1.807) is 12.4 Å². The predicted octanol–water partition coefficient (Wildman–Crippen LogP) is 2.82. The van der Waals surface area contributed by atoms with Crippen LogP contribution in [0.1, 0.15) is 34.3 Å². The van der Waals surface area contributed by atoms with Crippen molar-refractivity contribution in [3.63, 3.8) is 0 Å². The molecule has 2 fully saturated rings. The SMILES string of the molecule is Cc1ccc(Nc2ncc(C(=O)N3CCC4(CC3)OCCO4)cn2)cc1C. The molecule has 0 radical (unpaired) electrons. The summed E-state index contributed by atoms with van der Waals surface area (Å²) < 4.78 is 11.4. The maximum atomic E-state index is 12.7. The van der Waals surface area contributed by atoms with E-state index in [4.69, 9.17) is 9.47 Å². The molecule has 7 nitrogen and oxygen atoms in total. The molecule has 1 aromatic heterocycles. The lowest BCUT2D eigenvalue weighted by molar-refractivity contribution is -0.181. The maximum absolute atomic E-state index is 12.7. The predicted molar refractivity (Wildman–Crippen MR) is 101 cm³/mol. The fourth-order valence-corrected chi connectivity index (χ4v) is 3.47. The Balaban J connectivity index is 1.38. The monoisotopic (exact) mass is 368 g/mol. The number of carbonyl (C=O) groups excluding carboxylic acids is 1. The molecular formula is C20H24N4O3. The summed E-state index contributed by atoms with van der Waals surface area (Å²) in [6.45, 7) is 6.63. The van der Waals surface area contributed by atoms with Gasteiger partial charge in [-0.3, -0.25) is 4.79 Å². The Morgan fingerprint density at radius 1 is 1.07 bits per heavy atom. The first-order valence-corrected chi connectivity index (χ1v) is 9.28. The van der Waals surface area contributed by atoms with Crippen molar-refractivity contribution in [3.05, 3.63) is 47.3 Å². The van der Waals surface area contributed by atoms with Gasteiger partial charge in [-0.2, -0.15) is 0 Å². The summed E-state index contributed by atoms with van der Waals surface area (Å²) in [5.41, 5.74) is 3.85. The Kier molecular flexibility index (Phi) is 4.80. The van der Waals surface area contributed by atoms with Gasteiger partial charge in [0.1, 0.15) is 0 Å². The molecular weight excluding hydrogens is 344 g/mol. The van der Waals surface area contributed by atoms with Crippen LogP contribution in [0.4, 0.5) is 11.6 Å². The average molecular weight is 368 g/mol. The molecule has 3 heterocycles. The molecule has 0 atom stereocenters. The first-order chi connectivity index (χ1) is 13.0. The summed E-state index contributed by atoms with van der Waals surface area (Å²) in [6, 6.07) is 6.09. The Morgan fingerprint density at radius 2 is 1.74 bits per heavy atom. The number of hydrogen-bond acceptors (Lipinski definition) is 6. The van der Waals surface area contributed by atoms with Crippen LogP contribution in [0.15, 0.2) is 30.6 Å². The standard InChI is InChI=1S/C20H24N4O3/c1-14-3-4-17(11-15(14)2)23-19-21-12-16(13-22-19)18(25)24-7-5-20(6-8-24)26-9-10-27-20/h3-4,11-13H,5-10H2,1-2H3,(H,21,22,23). The van der Waals surface area contributed by atoms with Gasteiger partial charge >= 0.3 is 0 Å². The van der Waals surface area contributed by atoms with E-state index in [2.05, 4.69) is 41.3 Å². The van der Waals surface area contributed by atoms with Crippen molar-refractivity contribution in [2.24, 2.45) is 0 Å². The van der Waals surface area contributed by atoms with Gasteiger partial charge in [-0.15, -0.1) is 0 Å². The lowest BCUT2D eigenvalue weighted by Crippen LogP contribution is -2.47. The number of rotatable bonds is 3. The van der Waals surface area contributed by atoms with E-state index in [0.717, 1.165) is 5.69 Å². The third kappa shape index (κ3) is 3.79. The van der Waals surface area contributed by atoms with Gasteiger partial charge in [-0.25, -0.2) is 9.97 Å². The van der Waals surface area contributed by atoms with E-state index in [0.29, 0.717) is 50.7 Å². The van der Waals surface area contributed by atoms with Gasteiger partial charge in [0.2, 0.25) is 5.95 Å². The topological polar surface area (TPSA) is 76.6 Å². The van der Waals surface area contributed by atoms with Crippen molar-refractivity contribution < 1.29 is 14.3 Å². The van der Waals surface area contributed by atoms with Gasteiger partial charge in [-0.1, -0.05) is 6.07 Å². The maximum Gasteiger partial charge on any atom is 0.256 e. The summed E-state index contributed by atoms with van der Waals surface area (Å²) in [4.78, 5) is 23.1. The number of carbonyl (C=O) groups is 1. The molecule has 4 rings (SSSR count). The molecule has 0 aliphatic carbocycles. The molecule has 27 heavy (non-hydrogen) atoms. The quantitative estimate of drug-likeness (QED) is 0.898. The summed E-state index contributed by atoms with van der Waals surface area (Å²) in [6.07, 6.45) is 4.55. The van der Waals surface area contributed by atoms with Gasteiger partial charge in [0.25, 0.3) is 5.91 Å². The first-order valence-electron chi connectivity index (χ1n) is 9.28. The zero-order chi connectivity index (χ0) is 18.9. The van der Waals surface area contributed by atoms with Gasteiger partial charge in [0.05, 0.1) is 18.8 Å². The highest BCUT2D eigenvalue weighted by Crippen LogP contribution is 2.31. The molecule has 142 valence electrons. The zero-order valence-electron chi connectivity index (χ0n) is 15.7. The summed E-state index contributed by atoms with van der Waals surface area (Å²) in [5.74, 6) is -0.0616. The second kappa shape index (κ2) is 7.25. The van der Waals surface area contributed by atoms with Crippen LogP contribution in [0.3, 0.4) is 0 Å². The van der Waals surface area contributed by atoms with E-state index < -0.39 is 5.79 Å². The Bertz CT molecular complexity index is 822. The van der Waals surface area contributed by atoms with Gasteiger partial charge in [0.15, 0.2) is 5.79 Å². The van der Waals surface area contributed by atoms with Crippen molar-refractivity contribution in [1.29, 1.82) is 0 Å². The van der Waals surface area contributed by atoms with E-state index in [9.17, 15) is 4.79 Å². The minimum atomic E-state index is -0.479. The van der Waals surface area contributed by atoms with Crippen molar-refractivity contribution in [3.8, 4) is 0 Å². The lowest BCUT2D eigenvalue weighted by Gasteiger charge is -2.37. The molecule has 2 aliphatic rings. The third-order valence-corrected chi connectivity index (χ3v) is 5.29. The number of nitrogens with one attached hydrogen (secondary N) is 1. The van der Waals surface area contributed by atoms with Crippen LogP contribution in [0, 0.1) is 13.8 Å². The Hall–Kier alpha value is -2.51. The minimum absolute atomic E-state index is 0.0550. The van der Waals surface area contributed by atoms with Crippen LogP contribution in [-0.2, 0) is 9.47 Å². The highest BCUT2D eigenvalue weighted by atomic mass is 16.7. The number of aryl methyl sites for hydroxylation is 2. The molecule has 2 saturated heterocycles. The van der Waals surface area contributed by atoms with Gasteiger partial charge < -0.3 is 19.7 Å². The van der Waals surface area contributed by atoms with Crippen molar-refractivity contribution in [2.45, 2.75) is 32.5 Å². The summed E-state index contributed by atoms with van der Waals surface area (Å²) in [5, 5.41) is 3.17. The van der Waals surface area contributed by atoms with E-state index in [1.165, 1.54) is 11.1 Å². The molecule has 0 unspecified atom stereocenters. The van der Waals surface area contributed by atoms with E-state index in [1.807, 2.05) is 11.0 Å². The number of nitrogens with zero attached hydrogens (tertiary/aromatic N) is 3. The second-order valence-electron chi connectivity index (χ2n) is 7.12. The number of likely N-dealkylation sites (tertiary alicyclic amines) is 1. The van der Waals surface area contributed by atoms with Gasteiger partial charge in [-0.05, 0) is 37.1 Å². The van der Waals surface area contributed by atoms with E-state index >= 15 is 0 Å². The van der Waals surface area contributed by atoms with E-state index in [-0.39, 0.29) is 5.91 Å². The molecule has 0 bridgehead atoms. The largest absolute Gasteiger partial charge is 0.347 e. The number of benzene rings is 1. The minimum Gasteiger partial charge on any atom is -0.347 e. The third-order valence-electron chi connectivity index (χ3n) is 5.29. The smallest absolute Gasteiger partial charge is 0.256 e. The molecule has 7 heteroatoms. The highest BCUT2D eigenvalue weighted by Gasteiger charge is 2.40. The average Bonchev–Trinajstić information content (AvgIpc) is 3.13. The van der Waals surface area contributed by atoms with Crippen LogP contribution in [0.25, 0.3) is 0 Å². The van der Waals surface area contributed by atoms with Crippen LogP contribution in [0.5, 0.6) is 0 Å². The second-order valence-corrected chi connectivity index (χ2v) is 7.12. The zero-order valence-corrected chi connectivity index (χ0v) is 15.7. The number of hydrogen-bond donors (Lipinski definition) is 1. The van der Waals surface area contributed by atoms with Crippen LogP contribution >= 0.6 is 0 Å². The normalized spacial score (nSPS) is 18.7. The number of anilines is 2. The molecule has 2 aliphatic heterocycles. The fraction of sp³-hybridized carbons (Fsp3) is 0.450. The van der Waals surface area contributed by atoms with Crippen molar-refractivity contribution in [1.82, 2.24) is 14.9 Å². The molecule has 2 aromatic rings. The van der Waals surface area contributed by atoms with Gasteiger partial charge in [0, 0.05) is 44.0 Å². The number of piperidine rings is 1. The van der Waals surface area contributed by atoms with Crippen LogP contribution in [0.2, 0.25) is 0 Å². The fourth-order valence-electron chi connectivity index (χ4n) is 3.47. The summed E-state index contributed by atoms with van der Waals surface area (Å²) >= 11 is 0. The van der Waals surface area contributed by atoms with Crippen molar-refractivity contribution >= 4 is 17.5 Å². The number of aromatic nitrogens is 2. The lowest BCUT2D eigenvalue weighted by atomic mass is 10.0. The molecule has 1 amide bonds. The molecule has 1 spiro atoms. The Morgan fingerprint density at radius 3 is 2.37 bits per heavy atom. The highest BCUT2D eigenvalue weighted by molar-refractivity contribution is 5.93.